The summed E-state index contributed by atoms with van der Waals surface area (Å²) in [6.45, 7) is 24.6. The van der Waals surface area contributed by atoms with Crippen LogP contribution < -0.4 is 5.46 Å². The zero-order valence-corrected chi connectivity index (χ0v) is 44.3. The first-order chi connectivity index (χ1) is 34.1. The Bertz CT molecular complexity index is 3640. The van der Waals surface area contributed by atoms with Crippen LogP contribution in [0.15, 0.2) is 158 Å². The van der Waals surface area contributed by atoms with Gasteiger partial charge in [-0.25, -0.2) is 0 Å². The van der Waals surface area contributed by atoms with Crippen LogP contribution in [-0.2, 0) is 27.9 Å². The molecule has 0 aliphatic carbocycles. The molecule has 10 aromatic carbocycles. The van der Waals surface area contributed by atoms with E-state index in [1.54, 1.807) is 0 Å². The van der Waals surface area contributed by atoms with Crippen LogP contribution in [0.5, 0.6) is 0 Å². The zero-order chi connectivity index (χ0) is 50.8. The summed E-state index contributed by atoms with van der Waals surface area (Å²) in [7, 11) is -1.33. The monoisotopic (exact) mass is 970 g/mol. The molecule has 0 atom stereocenters. The number of hydrogen-bond acceptors (Lipinski definition) is 6. The van der Waals surface area contributed by atoms with E-state index < -0.39 is 14.0 Å². The molecule has 10 aromatic rings. The Labute approximate surface area is 429 Å². The van der Waals surface area contributed by atoms with Crippen LogP contribution >= 0.6 is 11.6 Å². The highest BCUT2D eigenvalue weighted by molar-refractivity contribution is 7.11. The minimum Gasteiger partial charge on any atom is -0.405 e. The van der Waals surface area contributed by atoms with E-state index in [0.717, 1.165) is 15.9 Å². The highest BCUT2D eigenvalue weighted by Gasteiger charge is 2.63. The van der Waals surface area contributed by atoms with Gasteiger partial charge in [0.1, 0.15) is 0 Å². The molecule has 3 fully saturated rings. The predicted octanol–water partition coefficient (Wildman–Crippen LogP) is 15.8. The van der Waals surface area contributed by atoms with Crippen molar-refractivity contribution in [2.45, 2.75) is 117 Å². The second kappa shape index (κ2) is 17.3. The number of benzene rings is 10. The van der Waals surface area contributed by atoms with Gasteiger partial charge >= 0.3 is 21.1 Å². The van der Waals surface area contributed by atoms with E-state index in [-0.39, 0.29) is 40.7 Å². The van der Waals surface area contributed by atoms with E-state index in [1.807, 2.05) is 67.5 Å². The lowest BCUT2D eigenvalue weighted by atomic mass is 9.49. The van der Waals surface area contributed by atoms with Gasteiger partial charge in [0.05, 0.1) is 33.6 Å². The second-order valence-corrected chi connectivity index (χ2v) is 23.2. The van der Waals surface area contributed by atoms with Crippen molar-refractivity contribution in [3.05, 3.63) is 163 Å². The molecule has 0 N–H and O–H groups in total. The van der Waals surface area contributed by atoms with Crippen LogP contribution in [0.3, 0.4) is 0 Å². The molecular formula is C62H62B3ClO6. The van der Waals surface area contributed by atoms with Gasteiger partial charge in [0.2, 0.25) is 0 Å². The van der Waals surface area contributed by atoms with Crippen molar-refractivity contribution in [2.75, 3.05) is 0 Å². The third kappa shape index (κ3) is 7.90. The van der Waals surface area contributed by atoms with E-state index in [2.05, 4.69) is 173 Å². The summed E-state index contributed by atoms with van der Waals surface area (Å²) in [6.07, 6.45) is 0. The van der Waals surface area contributed by atoms with Crippen LogP contribution in [0.1, 0.15) is 83.1 Å². The first-order valence-electron chi connectivity index (χ1n) is 25.3. The fourth-order valence-corrected chi connectivity index (χ4v) is 10.9. The van der Waals surface area contributed by atoms with E-state index in [0.29, 0.717) is 0 Å². The third-order valence-corrected chi connectivity index (χ3v) is 17.1. The minimum absolute atomic E-state index is 0.360. The van der Waals surface area contributed by atoms with E-state index in [1.165, 1.54) is 80.8 Å². The van der Waals surface area contributed by atoms with Gasteiger partial charge in [0.25, 0.3) is 0 Å². The SMILES string of the molecule is CC1(C)OB(B2OC(C)(C)C(C)(C)O2)OC1(C)C.CC1(C)OB(c2cccc3c2ccc2c4ccccc4c4ccccc4c32)OC1(C)C.Clc1cccc2c1ccc1c3ccccc3c3ccccc3c21. The molecule has 0 bridgehead atoms. The lowest BCUT2D eigenvalue weighted by molar-refractivity contribution is 0.00578. The first-order valence-corrected chi connectivity index (χ1v) is 25.7. The zero-order valence-electron chi connectivity index (χ0n) is 43.6. The van der Waals surface area contributed by atoms with Crippen LogP contribution in [0.4, 0.5) is 0 Å². The molecule has 13 rings (SSSR count). The summed E-state index contributed by atoms with van der Waals surface area (Å²) in [6, 6.07) is 56.2. The van der Waals surface area contributed by atoms with Crippen molar-refractivity contribution in [2.24, 2.45) is 0 Å². The van der Waals surface area contributed by atoms with Crippen molar-refractivity contribution in [1.29, 1.82) is 0 Å². The van der Waals surface area contributed by atoms with E-state index in [9.17, 15) is 0 Å². The van der Waals surface area contributed by atoms with Crippen LogP contribution in [0.2, 0.25) is 5.02 Å². The maximum absolute atomic E-state index is 6.43. The molecule has 3 saturated heterocycles. The van der Waals surface area contributed by atoms with E-state index >= 15 is 0 Å². The molecule has 6 nitrogen and oxygen atoms in total. The van der Waals surface area contributed by atoms with Crippen molar-refractivity contribution in [3.63, 3.8) is 0 Å². The highest BCUT2D eigenvalue weighted by atomic mass is 35.5. The van der Waals surface area contributed by atoms with Gasteiger partial charge in [0, 0.05) is 10.4 Å². The van der Waals surface area contributed by atoms with Crippen molar-refractivity contribution in [3.8, 4) is 0 Å². The summed E-state index contributed by atoms with van der Waals surface area (Å²) in [5.41, 5.74) is -1.07. The summed E-state index contributed by atoms with van der Waals surface area (Å²) < 4.78 is 36.7. The summed E-state index contributed by atoms with van der Waals surface area (Å²) in [4.78, 5) is 0. The molecule has 3 heterocycles. The van der Waals surface area contributed by atoms with E-state index in [4.69, 9.17) is 39.5 Å². The molecule has 3 aliphatic rings. The highest BCUT2D eigenvalue weighted by Crippen LogP contribution is 2.45. The van der Waals surface area contributed by atoms with Gasteiger partial charge in [-0.15, -0.1) is 0 Å². The van der Waals surface area contributed by atoms with Gasteiger partial charge in [0.15, 0.2) is 0 Å². The Kier molecular flexibility index (Phi) is 11.7. The molecule has 0 aromatic heterocycles. The Morgan fingerprint density at radius 2 is 0.514 bits per heavy atom. The van der Waals surface area contributed by atoms with Gasteiger partial charge in [-0.2, -0.15) is 0 Å². The average molecular weight is 971 g/mol. The van der Waals surface area contributed by atoms with Crippen LogP contribution in [-0.4, -0.2) is 54.7 Å². The summed E-state index contributed by atoms with van der Waals surface area (Å²) >= 11 is 6.43. The molecule has 72 heavy (non-hydrogen) atoms. The first kappa shape index (κ1) is 48.8. The van der Waals surface area contributed by atoms with Crippen LogP contribution in [0, 0.1) is 0 Å². The summed E-state index contributed by atoms with van der Waals surface area (Å²) in [5.74, 6) is 0. The quantitative estimate of drug-likeness (QED) is 0.127. The molecule has 0 saturated carbocycles. The predicted molar refractivity (Wildman–Crippen MR) is 306 cm³/mol. The van der Waals surface area contributed by atoms with Crippen molar-refractivity contribution >= 4 is 124 Å². The van der Waals surface area contributed by atoms with Crippen LogP contribution in [0.25, 0.3) is 86.2 Å². The molecular weight excluding hydrogens is 909 g/mol. The second-order valence-electron chi connectivity index (χ2n) is 22.8. The van der Waals surface area contributed by atoms with Gasteiger partial charge in [-0.3, -0.25) is 0 Å². The smallest absolute Gasteiger partial charge is 0.405 e. The molecule has 0 unspecified atom stereocenters. The minimum atomic E-state index is -0.476. The maximum Gasteiger partial charge on any atom is 0.495 e. The molecule has 3 aliphatic heterocycles. The molecule has 0 radical (unpaired) electrons. The topological polar surface area (TPSA) is 55.4 Å². The Morgan fingerprint density at radius 3 is 0.903 bits per heavy atom. The van der Waals surface area contributed by atoms with Gasteiger partial charge < -0.3 is 27.9 Å². The lowest BCUT2D eigenvalue weighted by Crippen LogP contribution is -2.41. The van der Waals surface area contributed by atoms with Crippen molar-refractivity contribution in [1.82, 2.24) is 0 Å². The molecule has 362 valence electrons. The van der Waals surface area contributed by atoms with Gasteiger partial charge in [-0.05, 0) is 175 Å². The number of rotatable bonds is 2. The fourth-order valence-electron chi connectivity index (χ4n) is 10.7. The largest absolute Gasteiger partial charge is 0.495 e. The average Bonchev–Trinajstić information content (AvgIpc) is 3.83. The lowest BCUT2D eigenvalue weighted by Gasteiger charge is -2.32. The van der Waals surface area contributed by atoms with Gasteiger partial charge in [-0.1, -0.05) is 163 Å². The fraction of sp³-hybridized carbons (Fsp3) is 0.290. The maximum atomic E-state index is 6.43. The summed E-state index contributed by atoms with van der Waals surface area (Å²) in [5, 5.41) is 21.1. The Hall–Kier alpha value is -5.48. The molecule has 10 heteroatoms. The Balaban J connectivity index is 0.000000122. The number of halogens is 1. The van der Waals surface area contributed by atoms with Crippen molar-refractivity contribution < 1.29 is 27.9 Å². The standard InChI is InChI=1S/C28H25BO2.C22H13Cl.C12H24B2O4/c1-27(2)28(3,4)31-29(30-27)25-15-9-14-23-21(25)16-17-24-20-12-6-5-10-18(20)19-11-7-8-13-22(19)26(23)24;23-21-11-5-10-19-17(21)12-13-20-16-8-2-1-6-14(16)15-7-3-4-9-18(15)22(19)20;1-9(2)10(3,4)16-13(15-9)14-17-11(5,6)12(7,8)18-14/h5-17H,1-4H3;1-13H;1-8H3. The number of hydrogen-bond donors (Lipinski definition) is 0. The third-order valence-electron chi connectivity index (χ3n) is 16.8. The number of fused-ring (bicyclic) bond motifs is 16. The normalized spacial score (nSPS) is 19.4. The molecule has 0 spiro atoms. The Morgan fingerprint density at radius 1 is 0.264 bits per heavy atom. The molecule has 0 amide bonds.